The number of benzene rings is 1. The van der Waals surface area contributed by atoms with Gasteiger partial charge in [-0.2, -0.15) is 0 Å². The van der Waals surface area contributed by atoms with Gasteiger partial charge in [0.1, 0.15) is 0 Å². The lowest BCUT2D eigenvalue weighted by molar-refractivity contribution is -0.384. The minimum absolute atomic E-state index is 0.119. The predicted octanol–water partition coefficient (Wildman–Crippen LogP) is 2.27. The van der Waals surface area contributed by atoms with Crippen LogP contribution in [0.15, 0.2) is 18.2 Å². The number of nitro benzene ring substituents is 1. The second-order valence-corrected chi connectivity index (χ2v) is 5.37. The first-order valence-corrected chi connectivity index (χ1v) is 7.32. The fraction of sp³-hybridized carbons (Fsp3) is 0.385. The zero-order valence-electron chi connectivity index (χ0n) is 11.4. The van der Waals surface area contributed by atoms with E-state index in [2.05, 4.69) is 10.1 Å². The van der Waals surface area contributed by atoms with Crippen LogP contribution in [0.3, 0.4) is 0 Å². The Kier molecular flexibility index (Phi) is 7.06. The first kappa shape index (κ1) is 17.3. The first-order valence-electron chi connectivity index (χ1n) is 6.24. The fourth-order valence-electron chi connectivity index (χ4n) is 1.59. The predicted molar refractivity (Wildman–Crippen MR) is 84.0 cm³/mol. The number of methoxy groups -OCH3 is 1. The minimum atomic E-state index is -0.538. The number of halogens is 1. The van der Waals surface area contributed by atoms with Gasteiger partial charge < -0.3 is 10.1 Å². The Morgan fingerprint density at radius 1 is 1.38 bits per heavy atom. The number of hydrogen-bond donors (Lipinski definition) is 1. The molecule has 0 saturated carbocycles. The molecular weight excluding hydrogens is 391 g/mol. The molecule has 1 amide bonds. The van der Waals surface area contributed by atoms with Crippen molar-refractivity contribution in [3.8, 4) is 0 Å². The molecule has 0 unspecified atom stereocenters. The van der Waals surface area contributed by atoms with E-state index in [1.807, 2.05) is 22.6 Å². The van der Waals surface area contributed by atoms with Gasteiger partial charge in [0.25, 0.3) is 11.6 Å². The molecule has 1 aromatic carbocycles. The molecule has 1 aromatic rings. The topological polar surface area (TPSA) is 98.5 Å². The SMILES string of the molecule is COC(=O)CCCCNC(=O)c1cc([N+](=O)[O-])ccc1I. The standard InChI is InChI=1S/C13H15IN2O5/c1-21-12(17)4-2-3-7-15-13(18)10-8-9(16(19)20)5-6-11(10)14/h5-6,8H,2-4,7H2,1H3,(H,15,18). The summed E-state index contributed by atoms with van der Waals surface area (Å²) in [4.78, 5) is 33.0. The molecule has 0 atom stereocenters. The smallest absolute Gasteiger partial charge is 0.305 e. The molecular formula is C13H15IN2O5. The number of esters is 1. The summed E-state index contributed by atoms with van der Waals surface area (Å²) in [5, 5.41) is 13.4. The summed E-state index contributed by atoms with van der Waals surface area (Å²) in [7, 11) is 1.33. The molecule has 114 valence electrons. The molecule has 0 aromatic heterocycles. The number of carbonyl (C=O) groups is 2. The third-order valence-electron chi connectivity index (χ3n) is 2.73. The van der Waals surface area contributed by atoms with Crippen molar-refractivity contribution in [2.75, 3.05) is 13.7 Å². The number of nitrogens with zero attached hydrogens (tertiary/aromatic N) is 1. The molecule has 0 saturated heterocycles. The highest BCUT2D eigenvalue weighted by molar-refractivity contribution is 14.1. The van der Waals surface area contributed by atoms with Crippen LogP contribution in [0.2, 0.25) is 0 Å². The Bertz CT molecular complexity index is 547. The summed E-state index contributed by atoms with van der Waals surface area (Å²) in [5.41, 5.74) is 0.157. The van der Waals surface area contributed by atoms with Crippen molar-refractivity contribution in [3.05, 3.63) is 37.4 Å². The van der Waals surface area contributed by atoms with Gasteiger partial charge in [0.2, 0.25) is 0 Å². The van der Waals surface area contributed by atoms with Crippen molar-refractivity contribution < 1.29 is 19.2 Å². The maximum absolute atomic E-state index is 12.0. The van der Waals surface area contributed by atoms with Crippen LogP contribution in [0.4, 0.5) is 5.69 Å². The van der Waals surface area contributed by atoms with E-state index in [0.717, 1.165) is 0 Å². The summed E-state index contributed by atoms with van der Waals surface area (Å²) in [5.74, 6) is -0.643. The normalized spacial score (nSPS) is 10.0. The quantitative estimate of drug-likeness (QED) is 0.246. The van der Waals surface area contributed by atoms with Gasteiger partial charge >= 0.3 is 5.97 Å². The number of ether oxygens (including phenoxy) is 1. The van der Waals surface area contributed by atoms with Crippen LogP contribution in [0, 0.1) is 13.7 Å². The molecule has 0 fully saturated rings. The molecule has 0 spiro atoms. The van der Waals surface area contributed by atoms with Crippen LogP contribution in [0.5, 0.6) is 0 Å². The van der Waals surface area contributed by atoms with Gasteiger partial charge in [-0.25, -0.2) is 0 Å². The average Bonchev–Trinajstić information content (AvgIpc) is 2.46. The highest BCUT2D eigenvalue weighted by Crippen LogP contribution is 2.19. The molecule has 7 nitrogen and oxygen atoms in total. The van der Waals surface area contributed by atoms with E-state index in [4.69, 9.17) is 0 Å². The monoisotopic (exact) mass is 406 g/mol. The Morgan fingerprint density at radius 3 is 2.71 bits per heavy atom. The molecule has 1 rings (SSSR count). The highest BCUT2D eigenvalue weighted by Gasteiger charge is 2.15. The first-order chi connectivity index (χ1) is 9.95. The number of amides is 1. The molecule has 1 N–H and O–H groups in total. The molecule has 0 radical (unpaired) electrons. The van der Waals surface area contributed by atoms with Gasteiger partial charge in [-0.1, -0.05) is 0 Å². The maximum atomic E-state index is 12.0. The van der Waals surface area contributed by atoms with Crippen LogP contribution in [0.25, 0.3) is 0 Å². The van der Waals surface area contributed by atoms with Gasteiger partial charge in [0.15, 0.2) is 0 Å². The highest BCUT2D eigenvalue weighted by atomic mass is 127. The van der Waals surface area contributed by atoms with Gasteiger partial charge in [-0.05, 0) is 41.5 Å². The van der Waals surface area contributed by atoms with E-state index in [-0.39, 0.29) is 23.1 Å². The van der Waals surface area contributed by atoms with Crippen molar-refractivity contribution in [1.82, 2.24) is 5.32 Å². The Hall–Kier alpha value is -1.71. The van der Waals surface area contributed by atoms with Crippen molar-refractivity contribution in [3.63, 3.8) is 0 Å². The molecule has 8 heteroatoms. The third kappa shape index (κ3) is 5.66. The van der Waals surface area contributed by atoms with Crippen molar-refractivity contribution in [1.29, 1.82) is 0 Å². The molecule has 21 heavy (non-hydrogen) atoms. The number of nitro groups is 1. The van der Waals surface area contributed by atoms with Crippen molar-refractivity contribution in [2.45, 2.75) is 19.3 Å². The summed E-state index contributed by atoms with van der Waals surface area (Å²) in [6.45, 7) is 0.397. The van der Waals surface area contributed by atoms with Gasteiger partial charge in [0, 0.05) is 28.7 Å². The summed E-state index contributed by atoms with van der Waals surface area (Å²) in [6, 6.07) is 4.14. The van der Waals surface area contributed by atoms with E-state index >= 15 is 0 Å². The molecule has 0 bridgehead atoms. The number of non-ortho nitro benzene ring substituents is 1. The Balaban J connectivity index is 2.50. The lowest BCUT2D eigenvalue weighted by Gasteiger charge is -2.06. The number of rotatable bonds is 7. The number of carbonyl (C=O) groups excluding carboxylic acids is 2. The van der Waals surface area contributed by atoms with E-state index < -0.39 is 4.92 Å². The zero-order chi connectivity index (χ0) is 15.8. The van der Waals surface area contributed by atoms with E-state index in [1.165, 1.54) is 25.3 Å². The Morgan fingerprint density at radius 2 is 2.10 bits per heavy atom. The number of unbranched alkanes of at least 4 members (excludes halogenated alkanes) is 1. The van der Waals surface area contributed by atoms with Gasteiger partial charge in [0.05, 0.1) is 17.6 Å². The van der Waals surface area contributed by atoms with E-state index in [0.29, 0.717) is 29.4 Å². The van der Waals surface area contributed by atoms with Gasteiger partial charge in [-0.15, -0.1) is 0 Å². The largest absolute Gasteiger partial charge is 0.469 e. The number of nitrogens with one attached hydrogen (secondary N) is 1. The van der Waals surface area contributed by atoms with E-state index in [9.17, 15) is 19.7 Å². The lowest BCUT2D eigenvalue weighted by Crippen LogP contribution is -2.25. The van der Waals surface area contributed by atoms with Crippen LogP contribution >= 0.6 is 22.6 Å². The average molecular weight is 406 g/mol. The molecule has 0 aliphatic carbocycles. The second kappa shape index (κ2) is 8.55. The molecule has 0 heterocycles. The fourth-order valence-corrected chi connectivity index (χ4v) is 2.17. The van der Waals surface area contributed by atoms with Crippen LogP contribution in [-0.2, 0) is 9.53 Å². The van der Waals surface area contributed by atoms with Crippen molar-refractivity contribution >= 4 is 40.2 Å². The molecule has 0 aliphatic rings. The third-order valence-corrected chi connectivity index (χ3v) is 3.67. The van der Waals surface area contributed by atoms with Crippen LogP contribution in [0.1, 0.15) is 29.6 Å². The maximum Gasteiger partial charge on any atom is 0.305 e. The second-order valence-electron chi connectivity index (χ2n) is 4.21. The van der Waals surface area contributed by atoms with Crippen LogP contribution < -0.4 is 5.32 Å². The van der Waals surface area contributed by atoms with Crippen molar-refractivity contribution in [2.24, 2.45) is 0 Å². The van der Waals surface area contributed by atoms with Crippen LogP contribution in [-0.4, -0.2) is 30.5 Å². The summed E-state index contributed by atoms with van der Waals surface area (Å²) in [6.07, 6.45) is 1.55. The number of hydrogen-bond acceptors (Lipinski definition) is 5. The summed E-state index contributed by atoms with van der Waals surface area (Å²) < 4.78 is 5.15. The lowest BCUT2D eigenvalue weighted by atomic mass is 10.2. The van der Waals surface area contributed by atoms with E-state index in [1.54, 1.807) is 0 Å². The van der Waals surface area contributed by atoms with Gasteiger partial charge in [-0.3, -0.25) is 19.7 Å². The minimum Gasteiger partial charge on any atom is -0.469 e. The zero-order valence-corrected chi connectivity index (χ0v) is 13.6. The summed E-state index contributed by atoms with van der Waals surface area (Å²) >= 11 is 1.95. The Labute approximate surface area is 135 Å². The molecule has 0 aliphatic heterocycles.